The monoisotopic (exact) mass is 316 g/mol. The van der Waals surface area contributed by atoms with Gasteiger partial charge in [0.1, 0.15) is 0 Å². The van der Waals surface area contributed by atoms with Crippen molar-refractivity contribution in [2.75, 3.05) is 0 Å². The van der Waals surface area contributed by atoms with E-state index in [0.29, 0.717) is 10.8 Å². The third-order valence-corrected chi connectivity index (χ3v) is 7.00. The molecule has 22 heavy (non-hydrogen) atoms. The van der Waals surface area contributed by atoms with Crippen LogP contribution in [-0.2, 0) is 16.9 Å². The van der Waals surface area contributed by atoms with Crippen molar-refractivity contribution in [2.24, 2.45) is 7.05 Å². The van der Waals surface area contributed by atoms with Gasteiger partial charge in [0.15, 0.2) is 9.84 Å². The molecule has 1 aromatic heterocycles. The lowest BCUT2D eigenvalue weighted by atomic mass is 10.0. The molecule has 0 radical (unpaired) electrons. The standard InChI is InChI=1S/C17H20N2O2S/c1-11-9-13(5-8-16(11)22(20,21)14-6-7-14)15-10-19(2)18-17(15)12-3-4-12/h5,8-10,12,14H,3-4,6-7H2,1-2H3. The highest BCUT2D eigenvalue weighted by Gasteiger charge is 2.37. The van der Waals surface area contributed by atoms with Crippen LogP contribution in [0.15, 0.2) is 29.3 Å². The molecule has 0 aliphatic heterocycles. The van der Waals surface area contributed by atoms with Crippen LogP contribution < -0.4 is 0 Å². The van der Waals surface area contributed by atoms with Crippen LogP contribution in [0.4, 0.5) is 0 Å². The molecule has 4 rings (SSSR count). The Labute approximate surface area is 131 Å². The summed E-state index contributed by atoms with van der Waals surface area (Å²) in [6, 6.07) is 5.71. The number of hydrogen-bond acceptors (Lipinski definition) is 3. The molecule has 0 saturated heterocycles. The first kappa shape index (κ1) is 14.0. The average Bonchev–Trinajstić information content (AvgIpc) is 3.35. The molecule has 1 aromatic carbocycles. The minimum Gasteiger partial charge on any atom is -0.275 e. The van der Waals surface area contributed by atoms with Gasteiger partial charge >= 0.3 is 0 Å². The Morgan fingerprint density at radius 1 is 1.18 bits per heavy atom. The average molecular weight is 316 g/mol. The van der Waals surface area contributed by atoms with Crippen LogP contribution in [0, 0.1) is 6.92 Å². The number of benzene rings is 1. The molecule has 116 valence electrons. The van der Waals surface area contributed by atoms with Crippen LogP contribution in [0.5, 0.6) is 0 Å². The normalized spacial score (nSPS) is 18.6. The third-order valence-electron chi connectivity index (χ3n) is 4.58. The molecule has 1 heterocycles. The van der Waals surface area contributed by atoms with E-state index in [-0.39, 0.29) is 5.25 Å². The van der Waals surface area contributed by atoms with E-state index >= 15 is 0 Å². The van der Waals surface area contributed by atoms with Crippen LogP contribution in [0.25, 0.3) is 11.1 Å². The highest BCUT2D eigenvalue weighted by Crippen LogP contribution is 2.44. The fourth-order valence-corrected chi connectivity index (χ4v) is 4.96. The molecule has 2 aromatic rings. The Bertz CT molecular complexity index is 844. The van der Waals surface area contributed by atoms with Crippen molar-refractivity contribution in [1.82, 2.24) is 9.78 Å². The van der Waals surface area contributed by atoms with Gasteiger partial charge < -0.3 is 0 Å². The van der Waals surface area contributed by atoms with Gasteiger partial charge in [-0.2, -0.15) is 5.10 Å². The van der Waals surface area contributed by atoms with Gasteiger partial charge in [-0.3, -0.25) is 4.68 Å². The maximum absolute atomic E-state index is 12.4. The third kappa shape index (κ3) is 2.28. The lowest BCUT2D eigenvalue weighted by molar-refractivity contribution is 0.594. The number of rotatable bonds is 4. The van der Waals surface area contributed by atoms with E-state index < -0.39 is 9.84 Å². The van der Waals surface area contributed by atoms with Crippen LogP contribution in [0.2, 0.25) is 0 Å². The SMILES string of the molecule is Cc1cc(-c2cn(C)nc2C2CC2)ccc1S(=O)(=O)C1CC1. The fraction of sp³-hybridized carbons (Fsp3) is 0.471. The number of aryl methyl sites for hydroxylation is 2. The van der Waals surface area contributed by atoms with Gasteiger partial charge in [-0.05, 0) is 49.8 Å². The zero-order valence-corrected chi connectivity index (χ0v) is 13.7. The number of aromatic nitrogens is 2. The van der Waals surface area contributed by atoms with Gasteiger partial charge in [-0.25, -0.2) is 8.42 Å². The van der Waals surface area contributed by atoms with Gasteiger partial charge in [0.2, 0.25) is 0 Å². The lowest BCUT2D eigenvalue weighted by Gasteiger charge is -2.09. The molecule has 0 amide bonds. The van der Waals surface area contributed by atoms with Crippen molar-refractivity contribution >= 4 is 9.84 Å². The summed E-state index contributed by atoms with van der Waals surface area (Å²) in [6.07, 6.45) is 6.06. The summed E-state index contributed by atoms with van der Waals surface area (Å²) in [5, 5.41) is 4.43. The number of sulfone groups is 1. The van der Waals surface area contributed by atoms with E-state index in [2.05, 4.69) is 5.10 Å². The molecular weight excluding hydrogens is 296 g/mol. The van der Waals surface area contributed by atoms with Crippen molar-refractivity contribution in [3.8, 4) is 11.1 Å². The predicted octanol–water partition coefficient (Wildman–Crippen LogP) is 3.21. The van der Waals surface area contributed by atoms with E-state index in [1.54, 1.807) is 6.07 Å². The topological polar surface area (TPSA) is 52.0 Å². The molecule has 0 spiro atoms. The van der Waals surface area contributed by atoms with Gasteiger partial charge in [0, 0.05) is 24.7 Å². The molecule has 0 bridgehead atoms. The molecule has 2 fully saturated rings. The molecule has 2 saturated carbocycles. The zero-order chi connectivity index (χ0) is 15.5. The summed E-state index contributed by atoms with van der Waals surface area (Å²) in [6.45, 7) is 1.89. The Kier molecular flexibility index (Phi) is 2.98. The quantitative estimate of drug-likeness (QED) is 0.870. The smallest absolute Gasteiger partial charge is 0.181 e. The molecule has 2 aliphatic rings. The maximum atomic E-state index is 12.4. The molecule has 2 aliphatic carbocycles. The van der Waals surface area contributed by atoms with Gasteiger partial charge in [0.05, 0.1) is 15.8 Å². The summed E-state index contributed by atoms with van der Waals surface area (Å²) in [5.74, 6) is 0.575. The minimum atomic E-state index is -3.13. The summed E-state index contributed by atoms with van der Waals surface area (Å²) in [7, 11) is -1.19. The Morgan fingerprint density at radius 2 is 1.91 bits per heavy atom. The summed E-state index contributed by atoms with van der Waals surface area (Å²) >= 11 is 0. The number of hydrogen-bond donors (Lipinski definition) is 0. The first-order chi connectivity index (χ1) is 10.5. The lowest BCUT2D eigenvalue weighted by Crippen LogP contribution is -2.08. The largest absolute Gasteiger partial charge is 0.275 e. The van der Waals surface area contributed by atoms with E-state index in [0.717, 1.165) is 35.2 Å². The van der Waals surface area contributed by atoms with Crippen molar-refractivity contribution in [3.63, 3.8) is 0 Å². The van der Waals surface area contributed by atoms with Crippen LogP contribution in [-0.4, -0.2) is 23.4 Å². The highest BCUT2D eigenvalue weighted by molar-refractivity contribution is 7.92. The second-order valence-electron chi connectivity index (χ2n) is 6.60. The molecular formula is C17H20N2O2S. The first-order valence-corrected chi connectivity index (χ1v) is 9.40. The van der Waals surface area contributed by atoms with Gasteiger partial charge in [-0.1, -0.05) is 12.1 Å². The Hall–Kier alpha value is -1.62. The Morgan fingerprint density at radius 3 is 2.50 bits per heavy atom. The zero-order valence-electron chi connectivity index (χ0n) is 12.9. The fourth-order valence-electron chi connectivity index (χ4n) is 3.08. The van der Waals surface area contributed by atoms with E-state index in [1.165, 1.54) is 12.8 Å². The van der Waals surface area contributed by atoms with Gasteiger partial charge in [-0.15, -0.1) is 0 Å². The first-order valence-electron chi connectivity index (χ1n) is 7.85. The number of nitrogens with zero attached hydrogens (tertiary/aromatic N) is 2. The van der Waals surface area contributed by atoms with Crippen LogP contribution in [0.1, 0.15) is 42.9 Å². The summed E-state index contributed by atoms with van der Waals surface area (Å²) in [5.41, 5.74) is 4.21. The molecule has 0 atom stereocenters. The van der Waals surface area contributed by atoms with Crippen molar-refractivity contribution < 1.29 is 8.42 Å². The second kappa shape index (κ2) is 4.69. The summed E-state index contributed by atoms with van der Waals surface area (Å²) < 4.78 is 26.7. The van der Waals surface area contributed by atoms with Crippen LogP contribution >= 0.6 is 0 Å². The molecule has 5 heteroatoms. The van der Waals surface area contributed by atoms with E-state index in [4.69, 9.17) is 0 Å². The van der Waals surface area contributed by atoms with E-state index in [1.807, 2.05) is 37.0 Å². The predicted molar refractivity (Wildman–Crippen MR) is 85.6 cm³/mol. The Balaban J connectivity index is 1.77. The molecule has 0 unspecified atom stereocenters. The highest BCUT2D eigenvalue weighted by atomic mass is 32.2. The molecule has 4 nitrogen and oxygen atoms in total. The molecule has 0 N–H and O–H groups in total. The van der Waals surface area contributed by atoms with Crippen molar-refractivity contribution in [1.29, 1.82) is 0 Å². The minimum absolute atomic E-state index is 0.155. The summed E-state index contributed by atoms with van der Waals surface area (Å²) in [4.78, 5) is 0.496. The second-order valence-corrected chi connectivity index (χ2v) is 8.80. The van der Waals surface area contributed by atoms with E-state index in [9.17, 15) is 8.42 Å². The van der Waals surface area contributed by atoms with Gasteiger partial charge in [0.25, 0.3) is 0 Å². The van der Waals surface area contributed by atoms with Crippen molar-refractivity contribution in [3.05, 3.63) is 35.7 Å². The van der Waals surface area contributed by atoms with Crippen LogP contribution in [0.3, 0.4) is 0 Å². The maximum Gasteiger partial charge on any atom is 0.181 e. The van der Waals surface area contributed by atoms with Crippen molar-refractivity contribution in [2.45, 2.75) is 48.7 Å².